The number of hydrogen-bond acceptors (Lipinski definition) is 3. The molecular weight excluding hydrogens is 218 g/mol. The third-order valence-corrected chi connectivity index (χ3v) is 2.53. The minimum atomic E-state index is -0.365. The van der Waals surface area contributed by atoms with Gasteiger partial charge < -0.3 is 9.64 Å². The van der Waals surface area contributed by atoms with E-state index in [1.54, 1.807) is 11.9 Å². The summed E-state index contributed by atoms with van der Waals surface area (Å²) in [5.74, 6) is -0.461. The summed E-state index contributed by atoms with van der Waals surface area (Å²) in [4.78, 5) is 24.3. The molecule has 0 saturated heterocycles. The molecule has 0 aliphatic rings. The van der Waals surface area contributed by atoms with Crippen LogP contribution in [0, 0.1) is 6.92 Å². The van der Waals surface area contributed by atoms with Crippen molar-refractivity contribution in [3.05, 3.63) is 29.8 Å². The lowest BCUT2D eigenvalue weighted by Gasteiger charge is -2.17. The smallest absolute Gasteiger partial charge is 0.306 e. The number of methoxy groups -OCH3 is 1. The highest BCUT2D eigenvalue weighted by molar-refractivity contribution is 5.94. The molecule has 0 bridgehead atoms. The van der Waals surface area contributed by atoms with Gasteiger partial charge in [-0.1, -0.05) is 12.1 Å². The van der Waals surface area contributed by atoms with Crippen molar-refractivity contribution >= 4 is 17.6 Å². The second-order valence-electron chi connectivity index (χ2n) is 3.87. The number of carbonyl (C=O) groups is 2. The Bertz CT molecular complexity index is 415. The Kier molecular flexibility index (Phi) is 4.69. The maximum Gasteiger partial charge on any atom is 0.306 e. The second kappa shape index (κ2) is 6.03. The summed E-state index contributed by atoms with van der Waals surface area (Å²) < 4.78 is 4.50. The Labute approximate surface area is 101 Å². The molecule has 4 nitrogen and oxygen atoms in total. The lowest BCUT2D eigenvalue weighted by Crippen LogP contribution is -2.26. The normalized spacial score (nSPS) is 9.82. The van der Waals surface area contributed by atoms with Crippen molar-refractivity contribution in [3.63, 3.8) is 0 Å². The van der Waals surface area contributed by atoms with Crippen LogP contribution in [0.4, 0.5) is 5.69 Å². The molecule has 0 aliphatic heterocycles. The Morgan fingerprint density at radius 2 is 2.00 bits per heavy atom. The standard InChI is InChI=1S/C13H17NO3/c1-10-5-4-6-11(9-10)14(2)12(15)7-8-13(16)17-3/h4-6,9H,7-8H2,1-3H3. The fourth-order valence-corrected chi connectivity index (χ4v) is 1.46. The summed E-state index contributed by atoms with van der Waals surface area (Å²) in [7, 11) is 3.02. The first kappa shape index (κ1) is 13.2. The summed E-state index contributed by atoms with van der Waals surface area (Å²) in [6, 6.07) is 7.66. The van der Waals surface area contributed by atoms with E-state index in [0.29, 0.717) is 0 Å². The Balaban J connectivity index is 2.60. The molecule has 4 heteroatoms. The average molecular weight is 235 g/mol. The summed E-state index contributed by atoms with van der Waals surface area (Å²) in [6.45, 7) is 1.97. The molecule has 0 saturated carbocycles. The third-order valence-electron chi connectivity index (χ3n) is 2.53. The van der Waals surface area contributed by atoms with E-state index in [1.807, 2.05) is 31.2 Å². The topological polar surface area (TPSA) is 46.6 Å². The fraction of sp³-hybridized carbons (Fsp3) is 0.385. The van der Waals surface area contributed by atoms with E-state index in [2.05, 4.69) is 4.74 Å². The molecular formula is C13H17NO3. The van der Waals surface area contributed by atoms with Crippen LogP contribution in [0.3, 0.4) is 0 Å². The second-order valence-corrected chi connectivity index (χ2v) is 3.87. The van der Waals surface area contributed by atoms with Gasteiger partial charge in [-0.05, 0) is 24.6 Å². The van der Waals surface area contributed by atoms with Crippen LogP contribution in [0.2, 0.25) is 0 Å². The molecule has 1 aromatic rings. The number of benzene rings is 1. The SMILES string of the molecule is COC(=O)CCC(=O)N(C)c1cccc(C)c1. The van der Waals surface area contributed by atoms with Crippen molar-refractivity contribution in [1.82, 2.24) is 0 Å². The number of ether oxygens (including phenoxy) is 1. The quantitative estimate of drug-likeness (QED) is 0.749. The predicted octanol–water partition coefficient (Wildman–Crippen LogP) is 1.91. The Morgan fingerprint density at radius 1 is 1.29 bits per heavy atom. The van der Waals surface area contributed by atoms with E-state index in [4.69, 9.17) is 0 Å². The summed E-state index contributed by atoms with van der Waals surface area (Å²) >= 11 is 0. The minimum Gasteiger partial charge on any atom is -0.469 e. The molecule has 1 aromatic carbocycles. The maximum atomic E-state index is 11.8. The largest absolute Gasteiger partial charge is 0.469 e. The van der Waals surface area contributed by atoms with Gasteiger partial charge in [0.15, 0.2) is 0 Å². The maximum absolute atomic E-state index is 11.8. The van der Waals surface area contributed by atoms with Gasteiger partial charge >= 0.3 is 5.97 Å². The van der Waals surface area contributed by atoms with Crippen molar-refractivity contribution < 1.29 is 14.3 Å². The zero-order valence-corrected chi connectivity index (χ0v) is 10.4. The van der Waals surface area contributed by atoms with E-state index < -0.39 is 0 Å². The lowest BCUT2D eigenvalue weighted by atomic mass is 10.2. The van der Waals surface area contributed by atoms with Gasteiger partial charge in [-0.25, -0.2) is 0 Å². The van der Waals surface area contributed by atoms with Gasteiger partial charge in [-0.15, -0.1) is 0 Å². The van der Waals surface area contributed by atoms with Gasteiger partial charge in [0.1, 0.15) is 0 Å². The van der Waals surface area contributed by atoms with Gasteiger partial charge in [-0.3, -0.25) is 9.59 Å². The number of anilines is 1. The van der Waals surface area contributed by atoms with Crippen LogP contribution in [0.25, 0.3) is 0 Å². The summed E-state index contributed by atoms with van der Waals surface area (Å²) in [6.07, 6.45) is 0.280. The number of nitrogens with zero attached hydrogens (tertiary/aromatic N) is 1. The minimum absolute atomic E-state index is 0.0963. The monoisotopic (exact) mass is 235 g/mol. The van der Waals surface area contributed by atoms with E-state index in [-0.39, 0.29) is 24.7 Å². The molecule has 17 heavy (non-hydrogen) atoms. The molecule has 0 N–H and O–H groups in total. The molecule has 0 radical (unpaired) electrons. The zero-order chi connectivity index (χ0) is 12.8. The van der Waals surface area contributed by atoms with Crippen LogP contribution in [0.5, 0.6) is 0 Å². The van der Waals surface area contributed by atoms with E-state index in [1.165, 1.54) is 7.11 Å². The van der Waals surface area contributed by atoms with Gasteiger partial charge in [-0.2, -0.15) is 0 Å². The van der Waals surface area contributed by atoms with Gasteiger partial charge in [0.05, 0.1) is 13.5 Å². The van der Waals surface area contributed by atoms with Crippen LogP contribution in [-0.4, -0.2) is 26.0 Å². The number of rotatable bonds is 4. The van der Waals surface area contributed by atoms with Crippen LogP contribution in [-0.2, 0) is 14.3 Å². The van der Waals surface area contributed by atoms with Gasteiger partial charge in [0.25, 0.3) is 0 Å². The van der Waals surface area contributed by atoms with Crippen molar-refractivity contribution in [1.29, 1.82) is 0 Å². The van der Waals surface area contributed by atoms with E-state index >= 15 is 0 Å². The van der Waals surface area contributed by atoms with Crippen molar-refractivity contribution in [2.24, 2.45) is 0 Å². The summed E-state index contributed by atoms with van der Waals surface area (Å²) in [5.41, 5.74) is 1.93. The molecule has 1 rings (SSSR count). The number of amides is 1. The first-order chi connectivity index (χ1) is 8.04. The van der Waals surface area contributed by atoms with Gasteiger partial charge in [0, 0.05) is 19.2 Å². The fourth-order valence-electron chi connectivity index (χ4n) is 1.46. The van der Waals surface area contributed by atoms with Gasteiger partial charge in [0.2, 0.25) is 5.91 Å². The molecule has 0 unspecified atom stereocenters. The highest BCUT2D eigenvalue weighted by atomic mass is 16.5. The van der Waals surface area contributed by atoms with E-state index in [0.717, 1.165) is 11.3 Å². The molecule has 0 aromatic heterocycles. The first-order valence-electron chi connectivity index (χ1n) is 5.44. The number of hydrogen-bond donors (Lipinski definition) is 0. The molecule has 92 valence electrons. The third kappa shape index (κ3) is 3.90. The van der Waals surface area contributed by atoms with Crippen molar-refractivity contribution in [3.8, 4) is 0 Å². The van der Waals surface area contributed by atoms with E-state index in [9.17, 15) is 9.59 Å². The molecule has 0 fully saturated rings. The summed E-state index contributed by atoms with van der Waals surface area (Å²) in [5, 5.41) is 0. The highest BCUT2D eigenvalue weighted by Crippen LogP contribution is 2.15. The van der Waals surface area contributed by atoms with Crippen LogP contribution < -0.4 is 4.90 Å². The first-order valence-corrected chi connectivity index (χ1v) is 5.44. The number of carbonyl (C=O) groups excluding carboxylic acids is 2. The van der Waals surface area contributed by atoms with Crippen LogP contribution >= 0.6 is 0 Å². The molecule has 0 heterocycles. The molecule has 0 aliphatic carbocycles. The lowest BCUT2D eigenvalue weighted by molar-refractivity contribution is -0.141. The van der Waals surface area contributed by atoms with Crippen LogP contribution in [0.1, 0.15) is 18.4 Å². The van der Waals surface area contributed by atoms with Crippen molar-refractivity contribution in [2.75, 3.05) is 19.1 Å². The Morgan fingerprint density at radius 3 is 2.59 bits per heavy atom. The number of aryl methyl sites for hydroxylation is 1. The highest BCUT2D eigenvalue weighted by Gasteiger charge is 2.12. The molecule has 1 amide bonds. The van der Waals surface area contributed by atoms with Crippen LogP contribution in [0.15, 0.2) is 24.3 Å². The Hall–Kier alpha value is -1.84. The molecule has 0 atom stereocenters. The predicted molar refractivity (Wildman–Crippen MR) is 65.8 cm³/mol. The zero-order valence-electron chi connectivity index (χ0n) is 10.4. The average Bonchev–Trinajstić information content (AvgIpc) is 2.34. The van der Waals surface area contributed by atoms with Crippen molar-refractivity contribution in [2.45, 2.75) is 19.8 Å². The molecule has 0 spiro atoms. The number of esters is 1.